The second-order valence-corrected chi connectivity index (χ2v) is 13.2. The largest absolute Gasteiger partial charge is 0.495 e. The van der Waals surface area contributed by atoms with Crippen LogP contribution < -0.4 is 20.1 Å². The van der Waals surface area contributed by atoms with Crippen LogP contribution in [0.4, 0.5) is 5.69 Å². The molecule has 0 radical (unpaired) electrons. The number of methoxy groups -OCH3 is 1. The van der Waals surface area contributed by atoms with E-state index in [4.69, 9.17) is 17.0 Å². The third-order valence-electron chi connectivity index (χ3n) is 7.62. The summed E-state index contributed by atoms with van der Waals surface area (Å²) >= 11 is 5.59. The topological polar surface area (TPSA) is 96.5 Å². The molecule has 9 heteroatoms. The van der Waals surface area contributed by atoms with Gasteiger partial charge in [-0.15, -0.1) is 0 Å². The first-order chi connectivity index (χ1) is 19.5. The van der Waals surface area contributed by atoms with Crippen molar-refractivity contribution in [2.45, 2.75) is 39.7 Å². The van der Waals surface area contributed by atoms with E-state index in [9.17, 15) is 13.2 Å². The number of carbonyl (C=O) groups excluding carboxylic acids is 1. The lowest BCUT2D eigenvalue weighted by Crippen LogP contribution is -2.38. The number of nitrogens with one attached hydrogen (secondary N) is 3. The molecule has 218 valence electrons. The van der Waals surface area contributed by atoms with Crippen LogP contribution >= 0.6 is 12.2 Å². The molecule has 0 bridgehead atoms. The van der Waals surface area contributed by atoms with E-state index in [0.29, 0.717) is 41.5 Å². The highest BCUT2D eigenvalue weighted by Crippen LogP contribution is 2.45. The Morgan fingerprint density at radius 1 is 1.00 bits per heavy atom. The number of thiocarbonyl (C=S) groups is 1. The molecule has 41 heavy (non-hydrogen) atoms. The van der Waals surface area contributed by atoms with Crippen molar-refractivity contribution < 1.29 is 17.9 Å². The van der Waals surface area contributed by atoms with Crippen molar-refractivity contribution in [3.63, 3.8) is 0 Å². The molecule has 0 spiro atoms. The highest BCUT2D eigenvalue weighted by Gasteiger charge is 2.43. The summed E-state index contributed by atoms with van der Waals surface area (Å²) in [5, 5.41) is 7.18. The summed E-state index contributed by atoms with van der Waals surface area (Å²) in [7, 11) is -1.91. The normalized spacial score (nSPS) is 16.9. The van der Waals surface area contributed by atoms with Crippen molar-refractivity contribution in [1.29, 1.82) is 0 Å². The van der Waals surface area contributed by atoms with E-state index in [1.54, 1.807) is 12.1 Å². The van der Waals surface area contributed by atoms with E-state index < -0.39 is 10.0 Å². The zero-order valence-corrected chi connectivity index (χ0v) is 25.7. The van der Waals surface area contributed by atoms with Gasteiger partial charge < -0.3 is 15.4 Å². The van der Waals surface area contributed by atoms with Crippen LogP contribution in [0.1, 0.15) is 45.5 Å². The van der Waals surface area contributed by atoms with Gasteiger partial charge in [0.15, 0.2) is 10.9 Å². The van der Waals surface area contributed by atoms with Gasteiger partial charge in [-0.1, -0.05) is 54.6 Å². The Morgan fingerprint density at radius 2 is 1.73 bits per heavy atom. The summed E-state index contributed by atoms with van der Waals surface area (Å²) in [6, 6.07) is 21.5. The third kappa shape index (κ3) is 9.03. The van der Waals surface area contributed by atoms with Gasteiger partial charge in [-0.05, 0) is 91.6 Å². The number of hydrogen-bond donors (Lipinski definition) is 3. The molecule has 0 amide bonds. The monoisotopic (exact) mass is 593 g/mol. The molecule has 0 aliphatic heterocycles. The number of hydrogen-bond acceptors (Lipinski definition) is 5. The van der Waals surface area contributed by atoms with Gasteiger partial charge >= 0.3 is 0 Å². The first-order valence-corrected chi connectivity index (χ1v) is 16.1. The van der Waals surface area contributed by atoms with Crippen molar-refractivity contribution in [2.24, 2.45) is 17.8 Å². The van der Waals surface area contributed by atoms with E-state index in [-0.39, 0.29) is 11.7 Å². The maximum Gasteiger partial charge on any atom is 0.229 e. The number of ether oxygens (including phenoxy) is 1. The molecule has 3 N–H and O–H groups in total. The maximum absolute atomic E-state index is 13.0. The van der Waals surface area contributed by atoms with Crippen molar-refractivity contribution in [2.75, 3.05) is 24.6 Å². The molecule has 3 unspecified atom stereocenters. The number of aryl methyl sites for hydroxylation is 2. The van der Waals surface area contributed by atoms with Crippen LogP contribution in [0, 0.1) is 31.6 Å². The summed E-state index contributed by atoms with van der Waals surface area (Å²) < 4.78 is 31.0. The Bertz CT molecular complexity index is 1490. The minimum atomic E-state index is -3.41. The van der Waals surface area contributed by atoms with Gasteiger partial charge in [0.05, 0.1) is 19.1 Å². The van der Waals surface area contributed by atoms with Crippen LogP contribution in [0.15, 0.2) is 66.7 Å². The van der Waals surface area contributed by atoms with Crippen molar-refractivity contribution in [1.82, 2.24) is 10.6 Å². The molecule has 4 rings (SSSR count). The molecule has 0 aromatic heterocycles. The Balaban J connectivity index is 1.35. The number of benzene rings is 3. The van der Waals surface area contributed by atoms with Gasteiger partial charge in [0.2, 0.25) is 10.0 Å². The van der Waals surface area contributed by atoms with Crippen LogP contribution in [-0.4, -0.2) is 39.2 Å². The molecule has 1 fully saturated rings. The highest BCUT2D eigenvalue weighted by atomic mass is 32.2. The van der Waals surface area contributed by atoms with Crippen LogP contribution in [0.2, 0.25) is 0 Å². The Labute approximate surface area is 249 Å². The van der Waals surface area contributed by atoms with Gasteiger partial charge in [-0.3, -0.25) is 9.52 Å². The van der Waals surface area contributed by atoms with Gasteiger partial charge in [0, 0.05) is 24.6 Å². The molecule has 3 aromatic carbocycles. The lowest BCUT2D eigenvalue weighted by Gasteiger charge is -2.20. The minimum absolute atomic E-state index is 0.0971. The molecular formula is C32H39N3O4S2. The Morgan fingerprint density at radius 3 is 2.41 bits per heavy atom. The van der Waals surface area contributed by atoms with E-state index >= 15 is 0 Å². The SMILES string of the molecule is COc1cc(CNC(=S)NCC(Cc2ccc(C)c(C)c2)CC2CC2C(=O)c2ccccc2)ccc1NS(C)(=O)=O. The summed E-state index contributed by atoms with van der Waals surface area (Å²) in [5.74, 6) is 1.48. The number of sulfonamides is 1. The molecule has 3 atom stereocenters. The number of anilines is 1. The number of carbonyl (C=O) groups is 1. The maximum atomic E-state index is 13.0. The lowest BCUT2D eigenvalue weighted by atomic mass is 9.91. The quantitative estimate of drug-likeness (QED) is 0.180. The molecule has 7 nitrogen and oxygen atoms in total. The van der Waals surface area contributed by atoms with Gasteiger partial charge in [-0.2, -0.15) is 0 Å². The van der Waals surface area contributed by atoms with E-state index in [1.807, 2.05) is 36.4 Å². The van der Waals surface area contributed by atoms with E-state index in [1.165, 1.54) is 23.8 Å². The zero-order valence-electron chi connectivity index (χ0n) is 24.1. The molecule has 0 saturated heterocycles. The molecule has 1 aliphatic carbocycles. The lowest BCUT2D eigenvalue weighted by molar-refractivity contribution is 0.0959. The van der Waals surface area contributed by atoms with Crippen molar-refractivity contribution >= 4 is 38.8 Å². The molecule has 3 aromatic rings. The highest BCUT2D eigenvalue weighted by molar-refractivity contribution is 7.92. The summed E-state index contributed by atoms with van der Waals surface area (Å²) in [5.41, 5.74) is 5.94. The van der Waals surface area contributed by atoms with Crippen LogP contribution in [0.25, 0.3) is 0 Å². The first kappa shape index (κ1) is 30.5. The van der Waals surface area contributed by atoms with Crippen molar-refractivity contribution in [3.05, 3.63) is 94.5 Å². The number of rotatable bonds is 13. The number of ketones is 1. The fraction of sp³-hybridized carbons (Fsp3) is 0.375. The zero-order chi connectivity index (χ0) is 29.6. The second-order valence-electron chi connectivity index (χ2n) is 11.0. The molecule has 1 aliphatic rings. The van der Waals surface area contributed by atoms with Crippen LogP contribution in [-0.2, 0) is 23.0 Å². The number of Topliss-reactive ketones (excluding diaryl/α,β-unsaturated/α-hetero) is 1. The first-order valence-electron chi connectivity index (χ1n) is 13.8. The molecular weight excluding hydrogens is 555 g/mol. The van der Waals surface area contributed by atoms with E-state index in [2.05, 4.69) is 47.4 Å². The van der Waals surface area contributed by atoms with Gasteiger partial charge in [-0.25, -0.2) is 8.42 Å². The summed E-state index contributed by atoms with van der Waals surface area (Å²) in [4.78, 5) is 13.0. The predicted octanol–water partition coefficient (Wildman–Crippen LogP) is 5.42. The fourth-order valence-corrected chi connectivity index (χ4v) is 5.91. The second kappa shape index (κ2) is 13.5. The Hall–Kier alpha value is -3.43. The van der Waals surface area contributed by atoms with Gasteiger partial charge in [0.25, 0.3) is 0 Å². The fourth-order valence-electron chi connectivity index (χ4n) is 5.19. The van der Waals surface area contributed by atoms with Crippen LogP contribution in [0.3, 0.4) is 0 Å². The standard InChI is InChI=1S/C32H39N3O4S2/c1-21-10-11-23(14-22(21)2)15-25(16-27-18-28(27)31(36)26-8-6-5-7-9-26)20-34-32(40)33-19-24-12-13-29(30(17-24)39-3)35-41(4,37)38/h5-14,17,25,27-28,35H,15-16,18-20H2,1-4H3,(H2,33,34,40). The summed E-state index contributed by atoms with van der Waals surface area (Å²) in [6.45, 7) is 5.42. The summed E-state index contributed by atoms with van der Waals surface area (Å²) in [6.07, 6.45) is 3.90. The minimum Gasteiger partial charge on any atom is -0.495 e. The van der Waals surface area contributed by atoms with Crippen molar-refractivity contribution in [3.8, 4) is 5.75 Å². The van der Waals surface area contributed by atoms with Gasteiger partial charge in [0.1, 0.15) is 5.75 Å². The molecule has 0 heterocycles. The van der Waals surface area contributed by atoms with Crippen LogP contribution in [0.5, 0.6) is 5.75 Å². The third-order valence-corrected chi connectivity index (χ3v) is 8.49. The van der Waals surface area contributed by atoms with E-state index in [0.717, 1.165) is 36.6 Å². The predicted molar refractivity (Wildman–Crippen MR) is 169 cm³/mol. The smallest absolute Gasteiger partial charge is 0.229 e. The molecule has 1 saturated carbocycles. The Kier molecular flexibility index (Phi) is 10.0. The average molecular weight is 594 g/mol. The average Bonchev–Trinajstić information content (AvgIpc) is 3.71.